The first-order valence-electron chi connectivity index (χ1n) is 7.44. The minimum atomic E-state index is 0.601. The van der Waals surface area contributed by atoms with E-state index < -0.39 is 0 Å². The summed E-state index contributed by atoms with van der Waals surface area (Å²) in [6.45, 7) is 2.45. The smallest absolute Gasteiger partial charge is 0.167 e. The number of methoxy groups -OCH3 is 2. The lowest BCUT2D eigenvalue weighted by molar-refractivity contribution is 0.0930. The van der Waals surface area contributed by atoms with Crippen LogP contribution in [0.15, 0.2) is 42.5 Å². The number of para-hydroxylation sites is 1. The molecule has 1 aliphatic rings. The van der Waals surface area contributed by atoms with Gasteiger partial charge < -0.3 is 14.2 Å². The molecule has 0 radical (unpaired) electrons. The van der Waals surface area contributed by atoms with Gasteiger partial charge in [-0.2, -0.15) is 0 Å². The molecule has 2 aromatic rings. The van der Waals surface area contributed by atoms with E-state index in [9.17, 15) is 0 Å². The standard InChI is InChI=1S/C18H21NO3/c1-20-16-8-6-14(7-9-16)10-11-19-12-15-4-3-5-17(21-2)18(15)22-13-19/h3-9H,10-13H2,1-2H3. The van der Waals surface area contributed by atoms with Gasteiger partial charge in [-0.3, -0.25) is 4.90 Å². The lowest BCUT2D eigenvalue weighted by atomic mass is 10.1. The van der Waals surface area contributed by atoms with Gasteiger partial charge in [0.15, 0.2) is 11.5 Å². The van der Waals surface area contributed by atoms with E-state index in [0.717, 1.165) is 36.8 Å². The molecular formula is C18H21NO3. The monoisotopic (exact) mass is 299 g/mol. The third-order valence-corrected chi connectivity index (χ3v) is 3.94. The first-order valence-corrected chi connectivity index (χ1v) is 7.44. The van der Waals surface area contributed by atoms with Crippen molar-refractivity contribution in [2.24, 2.45) is 0 Å². The Bertz CT molecular complexity index is 625. The Morgan fingerprint density at radius 2 is 1.86 bits per heavy atom. The molecule has 0 unspecified atom stereocenters. The SMILES string of the molecule is COc1ccc(CCN2COc3c(cccc3OC)C2)cc1. The van der Waals surface area contributed by atoms with Crippen molar-refractivity contribution in [1.29, 1.82) is 0 Å². The quantitative estimate of drug-likeness (QED) is 0.849. The second kappa shape index (κ2) is 6.71. The maximum Gasteiger partial charge on any atom is 0.167 e. The molecule has 116 valence electrons. The molecule has 0 spiro atoms. The van der Waals surface area contributed by atoms with Gasteiger partial charge in [-0.1, -0.05) is 24.3 Å². The third-order valence-electron chi connectivity index (χ3n) is 3.94. The van der Waals surface area contributed by atoms with Crippen LogP contribution in [0.3, 0.4) is 0 Å². The van der Waals surface area contributed by atoms with Crippen molar-refractivity contribution in [2.75, 3.05) is 27.5 Å². The topological polar surface area (TPSA) is 30.9 Å². The Morgan fingerprint density at radius 3 is 2.59 bits per heavy atom. The number of hydrogen-bond donors (Lipinski definition) is 0. The molecule has 0 bridgehead atoms. The first kappa shape index (κ1) is 14.7. The van der Waals surface area contributed by atoms with Crippen molar-refractivity contribution >= 4 is 0 Å². The molecule has 22 heavy (non-hydrogen) atoms. The van der Waals surface area contributed by atoms with Gasteiger partial charge in [-0.05, 0) is 30.2 Å². The number of rotatable bonds is 5. The second-order valence-corrected chi connectivity index (χ2v) is 5.37. The second-order valence-electron chi connectivity index (χ2n) is 5.37. The number of hydrogen-bond acceptors (Lipinski definition) is 4. The summed E-state index contributed by atoms with van der Waals surface area (Å²) in [5.74, 6) is 2.59. The fraction of sp³-hybridized carbons (Fsp3) is 0.333. The van der Waals surface area contributed by atoms with E-state index in [1.807, 2.05) is 24.3 Å². The van der Waals surface area contributed by atoms with Crippen LogP contribution in [0.25, 0.3) is 0 Å². The fourth-order valence-electron chi connectivity index (χ4n) is 2.68. The van der Waals surface area contributed by atoms with E-state index in [1.165, 1.54) is 11.1 Å². The Morgan fingerprint density at radius 1 is 1.05 bits per heavy atom. The number of fused-ring (bicyclic) bond motifs is 1. The average Bonchev–Trinajstić information content (AvgIpc) is 2.59. The van der Waals surface area contributed by atoms with Crippen LogP contribution in [0.1, 0.15) is 11.1 Å². The molecule has 0 fully saturated rings. The van der Waals surface area contributed by atoms with Crippen LogP contribution in [0.4, 0.5) is 0 Å². The summed E-state index contributed by atoms with van der Waals surface area (Å²) < 4.78 is 16.4. The van der Waals surface area contributed by atoms with E-state index >= 15 is 0 Å². The predicted octanol–water partition coefficient (Wildman–Crippen LogP) is 3.10. The van der Waals surface area contributed by atoms with E-state index in [2.05, 4.69) is 23.1 Å². The first-order chi connectivity index (χ1) is 10.8. The summed E-state index contributed by atoms with van der Waals surface area (Å²) in [6, 6.07) is 14.3. The van der Waals surface area contributed by atoms with Gasteiger partial charge in [0.05, 0.1) is 14.2 Å². The molecule has 1 heterocycles. The molecule has 0 aliphatic carbocycles. The van der Waals surface area contributed by atoms with Gasteiger partial charge in [-0.15, -0.1) is 0 Å². The fourth-order valence-corrected chi connectivity index (χ4v) is 2.68. The zero-order chi connectivity index (χ0) is 15.4. The van der Waals surface area contributed by atoms with Gasteiger partial charge in [0.2, 0.25) is 0 Å². The van der Waals surface area contributed by atoms with Crippen LogP contribution in [0, 0.1) is 0 Å². The summed E-state index contributed by atoms with van der Waals surface area (Å²) in [6.07, 6.45) is 0.993. The van der Waals surface area contributed by atoms with E-state index in [-0.39, 0.29) is 0 Å². The highest BCUT2D eigenvalue weighted by Crippen LogP contribution is 2.34. The van der Waals surface area contributed by atoms with E-state index in [1.54, 1.807) is 14.2 Å². The highest BCUT2D eigenvalue weighted by Gasteiger charge is 2.20. The van der Waals surface area contributed by atoms with Crippen molar-refractivity contribution in [3.05, 3.63) is 53.6 Å². The molecule has 0 N–H and O–H groups in total. The Hall–Kier alpha value is -2.20. The molecule has 0 saturated heterocycles. The normalized spacial score (nSPS) is 14.1. The minimum Gasteiger partial charge on any atom is -0.497 e. The van der Waals surface area contributed by atoms with Crippen LogP contribution in [-0.4, -0.2) is 32.4 Å². The molecule has 4 nitrogen and oxygen atoms in total. The van der Waals surface area contributed by atoms with E-state index in [4.69, 9.17) is 14.2 Å². The van der Waals surface area contributed by atoms with Crippen molar-refractivity contribution < 1.29 is 14.2 Å². The van der Waals surface area contributed by atoms with Crippen LogP contribution >= 0.6 is 0 Å². The van der Waals surface area contributed by atoms with Crippen LogP contribution in [0.5, 0.6) is 17.2 Å². The Balaban J connectivity index is 1.60. The van der Waals surface area contributed by atoms with Crippen LogP contribution in [-0.2, 0) is 13.0 Å². The largest absolute Gasteiger partial charge is 0.497 e. The number of benzene rings is 2. The lowest BCUT2D eigenvalue weighted by Gasteiger charge is -2.29. The molecule has 2 aromatic carbocycles. The molecule has 1 aliphatic heterocycles. The lowest BCUT2D eigenvalue weighted by Crippen LogP contribution is -2.33. The van der Waals surface area contributed by atoms with Crippen molar-refractivity contribution in [2.45, 2.75) is 13.0 Å². The Kier molecular flexibility index (Phi) is 4.49. The molecule has 0 saturated carbocycles. The maximum absolute atomic E-state index is 5.86. The molecule has 0 amide bonds. The zero-order valence-electron chi connectivity index (χ0n) is 13.0. The maximum atomic E-state index is 5.86. The highest BCUT2D eigenvalue weighted by molar-refractivity contribution is 5.47. The van der Waals surface area contributed by atoms with Crippen LogP contribution in [0.2, 0.25) is 0 Å². The summed E-state index contributed by atoms with van der Waals surface area (Å²) in [7, 11) is 3.36. The molecule has 0 aromatic heterocycles. The van der Waals surface area contributed by atoms with Gasteiger partial charge in [0, 0.05) is 18.7 Å². The summed E-state index contributed by atoms with van der Waals surface area (Å²) in [5, 5.41) is 0. The predicted molar refractivity (Wildman–Crippen MR) is 85.6 cm³/mol. The van der Waals surface area contributed by atoms with E-state index in [0.29, 0.717) is 6.73 Å². The van der Waals surface area contributed by atoms with Gasteiger partial charge >= 0.3 is 0 Å². The average molecular weight is 299 g/mol. The third kappa shape index (κ3) is 3.17. The summed E-state index contributed by atoms with van der Waals surface area (Å²) in [5.41, 5.74) is 2.48. The molecule has 3 rings (SSSR count). The highest BCUT2D eigenvalue weighted by atomic mass is 16.5. The zero-order valence-corrected chi connectivity index (χ0v) is 13.0. The minimum absolute atomic E-state index is 0.601. The van der Waals surface area contributed by atoms with Gasteiger partial charge in [0.25, 0.3) is 0 Å². The van der Waals surface area contributed by atoms with Crippen LogP contribution < -0.4 is 14.2 Å². The molecule has 4 heteroatoms. The van der Waals surface area contributed by atoms with Gasteiger partial charge in [0.1, 0.15) is 12.5 Å². The van der Waals surface area contributed by atoms with Gasteiger partial charge in [-0.25, -0.2) is 0 Å². The van der Waals surface area contributed by atoms with Crippen molar-refractivity contribution in [3.63, 3.8) is 0 Å². The molecule has 0 atom stereocenters. The van der Waals surface area contributed by atoms with Crippen molar-refractivity contribution in [3.8, 4) is 17.2 Å². The number of nitrogens with zero attached hydrogens (tertiary/aromatic N) is 1. The summed E-state index contributed by atoms with van der Waals surface area (Å²) >= 11 is 0. The van der Waals surface area contributed by atoms with Crippen molar-refractivity contribution in [1.82, 2.24) is 4.90 Å². The Labute approximate surface area is 131 Å². The number of ether oxygens (including phenoxy) is 3. The summed E-state index contributed by atoms with van der Waals surface area (Å²) in [4.78, 5) is 2.30. The molecular weight excluding hydrogens is 278 g/mol.